The van der Waals surface area contributed by atoms with Gasteiger partial charge in [-0.25, -0.2) is 0 Å². The van der Waals surface area contributed by atoms with Crippen molar-refractivity contribution in [3.63, 3.8) is 0 Å². The molecule has 4 aromatic carbocycles. The summed E-state index contributed by atoms with van der Waals surface area (Å²) in [5.74, 6) is 1.71. The van der Waals surface area contributed by atoms with Crippen molar-refractivity contribution < 1.29 is 14.6 Å². The third-order valence-corrected chi connectivity index (χ3v) is 7.38. The van der Waals surface area contributed by atoms with Gasteiger partial charge < -0.3 is 19.5 Å². The monoisotopic (exact) mass is 577 g/mol. The van der Waals surface area contributed by atoms with Crippen molar-refractivity contribution in [1.82, 2.24) is 4.90 Å². The summed E-state index contributed by atoms with van der Waals surface area (Å²) in [6.45, 7) is 4.26. The highest BCUT2D eigenvalue weighted by Gasteiger charge is 2.17. The fourth-order valence-corrected chi connectivity index (χ4v) is 4.82. The molecule has 0 aliphatic heterocycles. The number of aliphatic hydroxyl groups is 1. The van der Waals surface area contributed by atoms with Gasteiger partial charge in [-0.1, -0.05) is 77.3 Å². The summed E-state index contributed by atoms with van der Waals surface area (Å²) in [5, 5.41) is 11.7. The van der Waals surface area contributed by atoms with Crippen LogP contribution in [0.1, 0.15) is 34.6 Å². The van der Waals surface area contributed by atoms with E-state index in [1.165, 1.54) is 22.3 Å². The smallest absolute Gasteiger partial charge is 0.122 e. The van der Waals surface area contributed by atoms with Crippen molar-refractivity contribution in [2.75, 3.05) is 33.4 Å². The number of likely N-dealkylation sites (N-methyl/N-ethyl adjacent to an activating group) is 1. The number of nitrogens with zero attached hydrogens (tertiary/aromatic N) is 1. The first-order valence-electron chi connectivity index (χ1n) is 13.6. The van der Waals surface area contributed by atoms with Crippen LogP contribution in [0.4, 0.5) is 0 Å². The van der Waals surface area contributed by atoms with Gasteiger partial charge in [-0.05, 0) is 98.6 Å². The van der Waals surface area contributed by atoms with E-state index in [1.54, 1.807) is 0 Å². The molecule has 1 atom stereocenters. The number of hydrogen-bond donors (Lipinski definition) is 1. The highest BCUT2D eigenvalue weighted by Crippen LogP contribution is 2.28. The number of aliphatic hydroxyl groups excluding tert-OH is 1. The Kier molecular flexibility index (Phi) is 11.3. The minimum atomic E-state index is -0.707. The Hall–Kier alpha value is -3.02. The van der Waals surface area contributed by atoms with Gasteiger partial charge in [0.1, 0.15) is 30.8 Å². The van der Waals surface area contributed by atoms with Crippen LogP contribution in [-0.2, 0) is 6.42 Å². The molecule has 40 heavy (non-hydrogen) atoms. The normalized spacial score (nSPS) is 12.1. The number of aryl methyl sites for hydroxylation is 2. The van der Waals surface area contributed by atoms with Crippen LogP contribution in [0.3, 0.4) is 0 Å². The Morgan fingerprint density at radius 2 is 1.18 bits per heavy atom. The quantitative estimate of drug-likeness (QED) is 0.166. The third kappa shape index (κ3) is 9.57. The summed E-state index contributed by atoms with van der Waals surface area (Å²) < 4.78 is 11.4. The topological polar surface area (TPSA) is 41.9 Å². The zero-order chi connectivity index (χ0) is 28.3. The summed E-state index contributed by atoms with van der Waals surface area (Å²) in [6, 6.07) is 32.1. The van der Waals surface area contributed by atoms with Gasteiger partial charge in [-0.2, -0.15) is 0 Å². The predicted molar refractivity (Wildman–Crippen MR) is 165 cm³/mol. The molecule has 0 heterocycles. The van der Waals surface area contributed by atoms with E-state index in [4.69, 9.17) is 32.7 Å². The van der Waals surface area contributed by atoms with Crippen LogP contribution in [-0.4, -0.2) is 49.5 Å². The molecule has 0 radical (unpaired) electrons. The maximum absolute atomic E-state index is 10.2. The Morgan fingerprint density at radius 1 is 0.700 bits per heavy atom. The lowest BCUT2D eigenvalue weighted by Crippen LogP contribution is -2.26. The van der Waals surface area contributed by atoms with Crippen molar-refractivity contribution in [3.05, 3.63) is 129 Å². The molecule has 4 aromatic rings. The molecule has 0 saturated heterocycles. The van der Waals surface area contributed by atoms with Crippen LogP contribution >= 0.6 is 23.2 Å². The van der Waals surface area contributed by atoms with Crippen molar-refractivity contribution in [3.8, 4) is 11.5 Å². The Morgan fingerprint density at radius 3 is 1.68 bits per heavy atom. The molecule has 0 spiro atoms. The van der Waals surface area contributed by atoms with E-state index >= 15 is 0 Å². The van der Waals surface area contributed by atoms with Crippen molar-refractivity contribution in [2.24, 2.45) is 0 Å². The Balaban J connectivity index is 1.21. The van der Waals surface area contributed by atoms with Gasteiger partial charge >= 0.3 is 0 Å². The zero-order valence-corrected chi connectivity index (χ0v) is 24.6. The van der Waals surface area contributed by atoms with E-state index in [0.29, 0.717) is 0 Å². The molecule has 0 aliphatic carbocycles. The molecule has 210 valence electrons. The van der Waals surface area contributed by atoms with E-state index in [1.807, 2.05) is 67.6 Å². The molecule has 0 aromatic heterocycles. The summed E-state index contributed by atoms with van der Waals surface area (Å²) in [6.07, 6.45) is 1.31. The first-order valence-corrected chi connectivity index (χ1v) is 14.4. The predicted octanol–water partition coefficient (Wildman–Crippen LogP) is 7.82. The number of benzene rings is 4. The third-order valence-electron chi connectivity index (χ3n) is 6.87. The molecule has 6 heteroatoms. The first-order chi connectivity index (χ1) is 19.4. The molecule has 0 fully saturated rings. The molecular formula is C34H37Cl2NO3. The number of ether oxygens (including phenoxy) is 2. The van der Waals surface area contributed by atoms with Gasteiger partial charge in [0, 0.05) is 22.5 Å². The van der Waals surface area contributed by atoms with Gasteiger partial charge in [0.05, 0.1) is 0 Å². The lowest BCUT2D eigenvalue weighted by atomic mass is 9.91. The number of rotatable bonds is 14. The number of halogens is 2. The highest BCUT2D eigenvalue weighted by molar-refractivity contribution is 6.30. The summed E-state index contributed by atoms with van der Waals surface area (Å²) in [7, 11) is 2.17. The number of hydrogen-bond acceptors (Lipinski definition) is 4. The molecule has 0 bridgehead atoms. The molecule has 1 N–H and O–H groups in total. The molecule has 0 saturated carbocycles. The fraction of sp³-hybridized carbons (Fsp3) is 0.294. The van der Waals surface area contributed by atoms with Crippen molar-refractivity contribution in [2.45, 2.75) is 31.8 Å². The Bertz CT molecular complexity index is 1250. The standard InChI is InChI=1S/C34H37Cl2NO3/c1-25-5-17-32(18-6-25)39-23-31(38)24-40-33-19-7-26(8-20-33)4-3-21-37(2)22-34(27-9-13-29(35)14-10-27)28-11-15-30(36)16-12-28/h5-20,31,34,38H,3-4,21-24H2,1-2H3. The van der Waals surface area contributed by atoms with Gasteiger partial charge in [0.2, 0.25) is 0 Å². The molecule has 0 amide bonds. The Labute approximate surface area is 248 Å². The van der Waals surface area contributed by atoms with Crippen molar-refractivity contribution >= 4 is 23.2 Å². The minimum absolute atomic E-state index is 0.179. The molecule has 4 rings (SSSR count). The van der Waals surface area contributed by atoms with E-state index in [0.717, 1.165) is 47.5 Å². The SMILES string of the molecule is Cc1ccc(OCC(O)COc2ccc(CCCN(C)CC(c3ccc(Cl)cc3)c3ccc(Cl)cc3)cc2)cc1. The average Bonchev–Trinajstić information content (AvgIpc) is 2.96. The van der Waals surface area contributed by atoms with Crippen LogP contribution in [0.5, 0.6) is 11.5 Å². The van der Waals surface area contributed by atoms with Crippen molar-refractivity contribution in [1.29, 1.82) is 0 Å². The highest BCUT2D eigenvalue weighted by atomic mass is 35.5. The van der Waals surface area contributed by atoms with E-state index in [-0.39, 0.29) is 19.1 Å². The van der Waals surface area contributed by atoms with Crippen LogP contribution in [0.25, 0.3) is 0 Å². The summed E-state index contributed by atoms with van der Waals surface area (Å²) in [4.78, 5) is 2.38. The van der Waals surface area contributed by atoms with Gasteiger partial charge in [-0.3, -0.25) is 0 Å². The molecular weight excluding hydrogens is 541 g/mol. The van der Waals surface area contributed by atoms with Crippen LogP contribution in [0, 0.1) is 6.92 Å². The zero-order valence-electron chi connectivity index (χ0n) is 23.1. The average molecular weight is 579 g/mol. The lowest BCUT2D eigenvalue weighted by Gasteiger charge is -2.25. The van der Waals surface area contributed by atoms with Crippen LogP contribution in [0.15, 0.2) is 97.1 Å². The second-order valence-electron chi connectivity index (χ2n) is 10.3. The maximum atomic E-state index is 10.2. The largest absolute Gasteiger partial charge is 0.491 e. The minimum Gasteiger partial charge on any atom is -0.491 e. The summed E-state index contributed by atoms with van der Waals surface area (Å²) >= 11 is 12.3. The first kappa shape index (κ1) is 30.0. The second-order valence-corrected chi connectivity index (χ2v) is 11.1. The fourth-order valence-electron chi connectivity index (χ4n) is 4.57. The van der Waals surface area contributed by atoms with Gasteiger partial charge in [0.25, 0.3) is 0 Å². The van der Waals surface area contributed by atoms with Crippen LogP contribution in [0.2, 0.25) is 10.0 Å². The second kappa shape index (κ2) is 15.1. The van der Waals surface area contributed by atoms with Crippen LogP contribution < -0.4 is 9.47 Å². The molecule has 4 nitrogen and oxygen atoms in total. The molecule has 0 aliphatic rings. The lowest BCUT2D eigenvalue weighted by molar-refractivity contribution is 0.0626. The van der Waals surface area contributed by atoms with E-state index < -0.39 is 6.10 Å². The van der Waals surface area contributed by atoms with Gasteiger partial charge in [0.15, 0.2) is 0 Å². The van der Waals surface area contributed by atoms with E-state index in [9.17, 15) is 5.11 Å². The summed E-state index contributed by atoms with van der Waals surface area (Å²) in [5.41, 5.74) is 4.90. The van der Waals surface area contributed by atoms with Gasteiger partial charge in [-0.15, -0.1) is 0 Å². The molecule has 1 unspecified atom stereocenters. The maximum Gasteiger partial charge on any atom is 0.122 e. The van der Waals surface area contributed by atoms with E-state index in [2.05, 4.69) is 48.3 Å².